The van der Waals surface area contributed by atoms with Gasteiger partial charge in [-0.05, 0) is 37.1 Å². The molecule has 0 amide bonds. The Hall–Kier alpha value is -1.61. The van der Waals surface area contributed by atoms with E-state index in [-0.39, 0.29) is 0 Å². The average molecular weight is 245 g/mol. The van der Waals surface area contributed by atoms with Gasteiger partial charge in [-0.1, -0.05) is 30.7 Å². The zero-order chi connectivity index (χ0) is 13.0. The smallest absolute Gasteiger partial charge is 0.328 e. The minimum Gasteiger partial charge on any atom is -0.478 e. The van der Waals surface area contributed by atoms with E-state index < -0.39 is 5.97 Å². The third-order valence-corrected chi connectivity index (χ3v) is 3.53. The second-order valence-electron chi connectivity index (χ2n) is 4.91. The zero-order valence-electron chi connectivity index (χ0n) is 10.7. The maximum absolute atomic E-state index is 10.4. The highest BCUT2D eigenvalue weighted by Crippen LogP contribution is 2.24. The fourth-order valence-electron chi connectivity index (χ4n) is 2.15. The lowest BCUT2D eigenvalue weighted by molar-refractivity contribution is -0.131. The van der Waals surface area contributed by atoms with Crippen LogP contribution in [0.3, 0.4) is 0 Å². The van der Waals surface area contributed by atoms with Crippen molar-refractivity contribution in [3.8, 4) is 0 Å². The highest BCUT2D eigenvalue weighted by atomic mass is 16.4. The van der Waals surface area contributed by atoms with Crippen LogP contribution in [0.5, 0.6) is 0 Å². The number of nitrogens with zero attached hydrogens (tertiary/aromatic N) is 1. The van der Waals surface area contributed by atoms with Crippen molar-refractivity contribution in [3.05, 3.63) is 41.5 Å². The molecule has 0 atom stereocenters. The maximum Gasteiger partial charge on any atom is 0.328 e. The van der Waals surface area contributed by atoms with Crippen LogP contribution in [0.25, 0.3) is 6.08 Å². The number of rotatable bonds is 5. The van der Waals surface area contributed by atoms with E-state index in [4.69, 9.17) is 5.11 Å². The second kappa shape index (κ2) is 5.83. The summed E-state index contributed by atoms with van der Waals surface area (Å²) in [7, 11) is 2.17. The molecule has 0 aliphatic heterocycles. The molecule has 3 nitrogen and oxygen atoms in total. The van der Waals surface area contributed by atoms with Crippen LogP contribution in [0.4, 0.5) is 0 Å². The Morgan fingerprint density at radius 1 is 1.39 bits per heavy atom. The van der Waals surface area contributed by atoms with Crippen molar-refractivity contribution in [2.75, 3.05) is 7.05 Å². The molecule has 18 heavy (non-hydrogen) atoms. The molecular weight excluding hydrogens is 226 g/mol. The first-order valence-electron chi connectivity index (χ1n) is 6.35. The highest BCUT2D eigenvalue weighted by molar-refractivity contribution is 5.85. The molecule has 1 saturated carbocycles. The summed E-state index contributed by atoms with van der Waals surface area (Å²) in [5.74, 6) is -0.913. The van der Waals surface area contributed by atoms with Gasteiger partial charge in [-0.15, -0.1) is 0 Å². The molecular formula is C15H19NO2. The zero-order valence-corrected chi connectivity index (χ0v) is 10.7. The third kappa shape index (κ3) is 3.44. The lowest BCUT2D eigenvalue weighted by atomic mass is 9.91. The maximum atomic E-state index is 10.4. The first kappa shape index (κ1) is 12.8. The van der Waals surface area contributed by atoms with E-state index >= 15 is 0 Å². The van der Waals surface area contributed by atoms with Crippen molar-refractivity contribution in [1.29, 1.82) is 0 Å². The lowest BCUT2D eigenvalue weighted by Crippen LogP contribution is -2.36. The van der Waals surface area contributed by atoms with E-state index in [1.807, 2.05) is 12.1 Å². The first-order valence-corrected chi connectivity index (χ1v) is 6.35. The molecule has 1 aliphatic rings. The average Bonchev–Trinajstić information content (AvgIpc) is 2.25. The number of aliphatic carboxylic acids is 1. The Kier molecular flexibility index (Phi) is 4.15. The summed E-state index contributed by atoms with van der Waals surface area (Å²) in [6.45, 7) is 0.966. The number of carboxylic acid groups (broad SMARTS) is 1. The van der Waals surface area contributed by atoms with E-state index in [1.54, 1.807) is 6.08 Å². The fraction of sp³-hybridized carbons (Fsp3) is 0.400. The predicted molar refractivity (Wildman–Crippen MR) is 72.2 cm³/mol. The number of hydrogen-bond acceptors (Lipinski definition) is 2. The number of hydrogen-bond donors (Lipinski definition) is 1. The van der Waals surface area contributed by atoms with Crippen LogP contribution in [0.1, 0.15) is 30.4 Å². The van der Waals surface area contributed by atoms with Crippen LogP contribution >= 0.6 is 0 Å². The van der Waals surface area contributed by atoms with Gasteiger partial charge in [0.05, 0.1) is 0 Å². The molecule has 0 heterocycles. The summed E-state index contributed by atoms with van der Waals surface area (Å²) in [4.78, 5) is 12.8. The Balaban J connectivity index is 1.92. The summed E-state index contributed by atoms with van der Waals surface area (Å²) < 4.78 is 0. The van der Waals surface area contributed by atoms with Crippen LogP contribution in [-0.2, 0) is 11.3 Å². The van der Waals surface area contributed by atoms with Gasteiger partial charge in [-0.3, -0.25) is 4.90 Å². The molecule has 1 aromatic carbocycles. The van der Waals surface area contributed by atoms with Crippen molar-refractivity contribution in [3.63, 3.8) is 0 Å². The van der Waals surface area contributed by atoms with Crippen LogP contribution in [0, 0.1) is 0 Å². The Morgan fingerprint density at radius 3 is 2.56 bits per heavy atom. The minimum absolute atomic E-state index is 0.747. The molecule has 2 rings (SSSR count). The molecule has 1 N–H and O–H groups in total. The van der Waals surface area contributed by atoms with Crippen molar-refractivity contribution in [1.82, 2.24) is 4.90 Å². The fourth-order valence-corrected chi connectivity index (χ4v) is 2.15. The number of carboxylic acids is 1. The van der Waals surface area contributed by atoms with Crippen molar-refractivity contribution >= 4 is 12.0 Å². The lowest BCUT2D eigenvalue weighted by Gasteiger charge is -2.34. The van der Waals surface area contributed by atoms with Gasteiger partial charge in [0, 0.05) is 18.7 Å². The standard InChI is InChI=1S/C15H19NO2/c1-16(14-3-2-4-14)11-13-7-5-12(6-8-13)9-10-15(17)18/h5-10,14H,2-4,11H2,1H3,(H,17,18)/b10-9+. The molecule has 1 aliphatic carbocycles. The summed E-state index contributed by atoms with van der Waals surface area (Å²) in [6.07, 6.45) is 6.76. The molecule has 1 fully saturated rings. The topological polar surface area (TPSA) is 40.5 Å². The molecule has 0 aromatic heterocycles. The van der Waals surface area contributed by atoms with Gasteiger partial charge in [-0.25, -0.2) is 4.79 Å². The molecule has 0 radical (unpaired) electrons. The largest absolute Gasteiger partial charge is 0.478 e. The summed E-state index contributed by atoms with van der Waals surface area (Å²) in [5, 5.41) is 8.55. The summed E-state index contributed by atoms with van der Waals surface area (Å²) in [5.41, 5.74) is 2.20. The van der Waals surface area contributed by atoms with Crippen LogP contribution in [-0.4, -0.2) is 29.1 Å². The van der Waals surface area contributed by atoms with E-state index in [9.17, 15) is 4.79 Å². The highest BCUT2D eigenvalue weighted by Gasteiger charge is 2.21. The third-order valence-electron chi connectivity index (χ3n) is 3.53. The van der Waals surface area contributed by atoms with Gasteiger partial charge in [0.25, 0.3) is 0 Å². The molecule has 0 bridgehead atoms. The normalized spacial score (nSPS) is 16.1. The van der Waals surface area contributed by atoms with E-state index in [2.05, 4.69) is 24.1 Å². The molecule has 0 saturated heterocycles. The summed E-state index contributed by atoms with van der Waals surface area (Å²) in [6, 6.07) is 8.80. The minimum atomic E-state index is -0.913. The van der Waals surface area contributed by atoms with Gasteiger partial charge >= 0.3 is 5.97 Å². The van der Waals surface area contributed by atoms with Crippen LogP contribution < -0.4 is 0 Å². The molecule has 0 unspecified atom stereocenters. The van der Waals surface area contributed by atoms with E-state index in [1.165, 1.54) is 24.8 Å². The predicted octanol–water partition coefficient (Wildman–Crippen LogP) is 2.77. The van der Waals surface area contributed by atoms with Crippen LogP contribution in [0.2, 0.25) is 0 Å². The van der Waals surface area contributed by atoms with Crippen molar-refractivity contribution < 1.29 is 9.90 Å². The van der Waals surface area contributed by atoms with Crippen molar-refractivity contribution in [2.24, 2.45) is 0 Å². The SMILES string of the molecule is CN(Cc1ccc(/C=C/C(=O)O)cc1)C1CCC1. The molecule has 3 heteroatoms. The molecule has 96 valence electrons. The summed E-state index contributed by atoms with van der Waals surface area (Å²) >= 11 is 0. The number of benzene rings is 1. The Morgan fingerprint density at radius 2 is 2.06 bits per heavy atom. The van der Waals surface area contributed by atoms with Gasteiger partial charge in [0.15, 0.2) is 0 Å². The van der Waals surface area contributed by atoms with E-state index in [0.717, 1.165) is 24.2 Å². The monoisotopic (exact) mass is 245 g/mol. The number of carbonyl (C=O) groups is 1. The van der Waals surface area contributed by atoms with Gasteiger partial charge in [0.2, 0.25) is 0 Å². The Labute approximate surface area is 108 Å². The Bertz CT molecular complexity index is 432. The second-order valence-corrected chi connectivity index (χ2v) is 4.91. The van der Waals surface area contributed by atoms with Gasteiger partial charge in [-0.2, -0.15) is 0 Å². The quantitative estimate of drug-likeness (QED) is 0.811. The van der Waals surface area contributed by atoms with E-state index in [0.29, 0.717) is 0 Å². The molecule has 0 spiro atoms. The molecule has 1 aromatic rings. The first-order chi connectivity index (χ1) is 8.65. The van der Waals surface area contributed by atoms with Crippen molar-refractivity contribution in [2.45, 2.75) is 31.8 Å². The van der Waals surface area contributed by atoms with Crippen LogP contribution in [0.15, 0.2) is 30.3 Å². The van der Waals surface area contributed by atoms with Gasteiger partial charge in [0.1, 0.15) is 0 Å². The van der Waals surface area contributed by atoms with Gasteiger partial charge < -0.3 is 5.11 Å².